The van der Waals surface area contributed by atoms with Gasteiger partial charge in [-0.2, -0.15) is 0 Å². The summed E-state index contributed by atoms with van der Waals surface area (Å²) in [5.41, 5.74) is 0. The van der Waals surface area contributed by atoms with Crippen LogP contribution in [0.2, 0.25) is 0 Å². The van der Waals surface area contributed by atoms with Gasteiger partial charge in [0.2, 0.25) is 0 Å². The van der Waals surface area contributed by atoms with Crippen molar-refractivity contribution in [1.29, 1.82) is 0 Å². The van der Waals surface area contributed by atoms with Crippen molar-refractivity contribution >= 4 is 24.0 Å². The number of hydrogen-bond donors (Lipinski definition) is 0. The van der Waals surface area contributed by atoms with E-state index in [-0.39, 0.29) is 24.0 Å². The predicted molar refractivity (Wildman–Crippen MR) is 63.7 cm³/mol. The van der Waals surface area contributed by atoms with Crippen LogP contribution in [0.25, 0.3) is 0 Å². The Kier molecular flexibility index (Phi) is 17.3. The van der Waals surface area contributed by atoms with E-state index in [1.807, 2.05) is 0 Å². The van der Waals surface area contributed by atoms with Crippen LogP contribution in [0.1, 0.15) is 65.2 Å². The zero-order valence-electron chi connectivity index (χ0n) is 8.07. The van der Waals surface area contributed by atoms with Crippen LogP contribution in [0.3, 0.4) is 0 Å². The molecule has 0 aliphatic heterocycles. The summed E-state index contributed by atoms with van der Waals surface area (Å²) in [6.07, 6.45) is 11.5. The van der Waals surface area contributed by atoms with E-state index in [4.69, 9.17) is 0 Å². The minimum atomic E-state index is 0. The second-order valence-corrected chi connectivity index (χ2v) is 3.12. The minimum Gasteiger partial charge on any atom is -0.107 e. The van der Waals surface area contributed by atoms with Crippen LogP contribution < -0.4 is 0 Å². The maximum absolute atomic E-state index is 2.27. The molecule has 0 saturated carbocycles. The third-order valence-corrected chi connectivity index (χ3v) is 1.96. The molecule has 0 rings (SSSR count). The average Bonchev–Trinajstić information content (AvgIpc) is 1.97. The molecule has 0 radical (unpaired) electrons. The van der Waals surface area contributed by atoms with Crippen LogP contribution in [0.5, 0.6) is 0 Å². The molecule has 70 valence electrons. The first-order valence-corrected chi connectivity index (χ1v) is 4.91. The molecule has 0 aromatic rings. The molecule has 0 atom stereocenters. The van der Waals surface area contributed by atoms with E-state index in [1.54, 1.807) is 0 Å². The highest BCUT2D eigenvalue weighted by atomic mass is 127. The van der Waals surface area contributed by atoms with Gasteiger partial charge in [-0.15, -0.1) is 24.0 Å². The van der Waals surface area contributed by atoms with E-state index >= 15 is 0 Å². The Bertz CT molecular complexity index is 44.8. The van der Waals surface area contributed by atoms with Crippen molar-refractivity contribution in [2.24, 2.45) is 0 Å². The summed E-state index contributed by atoms with van der Waals surface area (Å²) in [5, 5.41) is 0. The molecule has 0 amide bonds. The molecule has 0 nitrogen and oxygen atoms in total. The van der Waals surface area contributed by atoms with Gasteiger partial charge in [-0.25, -0.2) is 0 Å². The summed E-state index contributed by atoms with van der Waals surface area (Å²) in [6, 6.07) is 0. The summed E-state index contributed by atoms with van der Waals surface area (Å²) < 4.78 is 0. The second kappa shape index (κ2) is 13.3. The highest BCUT2D eigenvalue weighted by Crippen LogP contribution is 2.07. The lowest BCUT2D eigenvalue weighted by molar-refractivity contribution is 0.585. The fourth-order valence-electron chi connectivity index (χ4n) is 1.21. The molecule has 0 aromatic carbocycles. The highest BCUT2D eigenvalue weighted by molar-refractivity contribution is 14.0. The summed E-state index contributed by atoms with van der Waals surface area (Å²) in [6.45, 7) is 4.54. The number of unbranched alkanes of at least 4 members (excludes halogenated alkanes) is 7. The van der Waals surface area contributed by atoms with Gasteiger partial charge in [-0.05, 0) is 0 Å². The number of hydrogen-bond acceptors (Lipinski definition) is 0. The van der Waals surface area contributed by atoms with E-state index in [0.717, 1.165) is 0 Å². The van der Waals surface area contributed by atoms with Gasteiger partial charge < -0.3 is 0 Å². The topological polar surface area (TPSA) is 0 Å². The Balaban J connectivity index is 0. The van der Waals surface area contributed by atoms with Crippen molar-refractivity contribution in [3.8, 4) is 0 Å². The van der Waals surface area contributed by atoms with Gasteiger partial charge in [0.25, 0.3) is 0 Å². The van der Waals surface area contributed by atoms with E-state index in [9.17, 15) is 0 Å². The lowest BCUT2D eigenvalue weighted by atomic mass is 10.1. The van der Waals surface area contributed by atoms with Gasteiger partial charge >= 0.3 is 0 Å². The maximum atomic E-state index is 2.27. The monoisotopic (exact) mass is 270 g/mol. The van der Waals surface area contributed by atoms with Crippen molar-refractivity contribution in [2.45, 2.75) is 65.2 Å². The summed E-state index contributed by atoms with van der Waals surface area (Å²) in [4.78, 5) is 0. The normalized spacial score (nSPS) is 9.27. The Labute approximate surface area is 89.2 Å². The Morgan fingerprint density at radius 3 is 1.09 bits per heavy atom. The fraction of sp³-hybridized carbons (Fsp3) is 1.00. The minimum absolute atomic E-state index is 0. The van der Waals surface area contributed by atoms with Gasteiger partial charge in [0.1, 0.15) is 0 Å². The lowest BCUT2D eigenvalue weighted by Crippen LogP contribution is -1.77. The van der Waals surface area contributed by atoms with E-state index < -0.39 is 0 Å². The molecule has 0 N–H and O–H groups in total. The molecule has 0 aliphatic rings. The van der Waals surface area contributed by atoms with Crippen molar-refractivity contribution in [3.63, 3.8) is 0 Å². The third-order valence-electron chi connectivity index (χ3n) is 1.96. The molecule has 0 bridgehead atoms. The Hall–Kier alpha value is 0.730. The van der Waals surface area contributed by atoms with Crippen LogP contribution in [-0.4, -0.2) is 0 Å². The standard InChI is InChI=1S/C10H22.HI/c1-3-5-7-9-10-8-6-4-2;/h3-10H2,1-2H3;1H. The summed E-state index contributed by atoms with van der Waals surface area (Å²) >= 11 is 0. The molecule has 0 heterocycles. The fourth-order valence-corrected chi connectivity index (χ4v) is 1.21. The summed E-state index contributed by atoms with van der Waals surface area (Å²) in [5.74, 6) is 0. The smallest absolute Gasteiger partial charge is 0.0533 e. The van der Waals surface area contributed by atoms with Gasteiger partial charge in [-0.3, -0.25) is 0 Å². The molecule has 0 saturated heterocycles. The molecule has 11 heavy (non-hydrogen) atoms. The van der Waals surface area contributed by atoms with Gasteiger partial charge in [0, 0.05) is 0 Å². The lowest BCUT2D eigenvalue weighted by Gasteiger charge is -1.97. The van der Waals surface area contributed by atoms with Crippen molar-refractivity contribution in [2.75, 3.05) is 0 Å². The zero-order chi connectivity index (χ0) is 7.66. The quantitative estimate of drug-likeness (QED) is 0.462. The molecular weight excluding hydrogens is 247 g/mol. The van der Waals surface area contributed by atoms with Crippen LogP contribution in [0.15, 0.2) is 0 Å². The molecular formula is C10H23I. The summed E-state index contributed by atoms with van der Waals surface area (Å²) in [7, 11) is 0. The van der Waals surface area contributed by atoms with E-state index in [1.165, 1.54) is 51.4 Å². The second-order valence-electron chi connectivity index (χ2n) is 3.12. The molecule has 0 aliphatic carbocycles. The van der Waals surface area contributed by atoms with Crippen molar-refractivity contribution < 1.29 is 0 Å². The first kappa shape index (κ1) is 14.3. The third kappa shape index (κ3) is 13.7. The largest absolute Gasteiger partial charge is 0.107 e. The van der Waals surface area contributed by atoms with Crippen molar-refractivity contribution in [1.82, 2.24) is 0 Å². The molecule has 0 fully saturated rings. The van der Waals surface area contributed by atoms with Crippen LogP contribution in [-0.2, 0) is 0 Å². The number of halogens is 1. The Morgan fingerprint density at radius 2 is 0.818 bits per heavy atom. The Morgan fingerprint density at radius 1 is 0.545 bits per heavy atom. The van der Waals surface area contributed by atoms with Crippen LogP contribution in [0, 0.1) is 0 Å². The highest BCUT2D eigenvalue weighted by Gasteiger charge is 1.87. The van der Waals surface area contributed by atoms with Gasteiger partial charge in [-0.1, -0.05) is 65.2 Å². The van der Waals surface area contributed by atoms with E-state index in [0.29, 0.717) is 0 Å². The molecule has 1 heteroatoms. The molecule has 0 unspecified atom stereocenters. The zero-order valence-corrected chi connectivity index (χ0v) is 10.4. The van der Waals surface area contributed by atoms with Gasteiger partial charge in [0.15, 0.2) is 0 Å². The average molecular weight is 270 g/mol. The first-order chi connectivity index (χ1) is 4.91. The molecule has 0 aromatic heterocycles. The van der Waals surface area contributed by atoms with Crippen LogP contribution >= 0.6 is 24.0 Å². The van der Waals surface area contributed by atoms with Crippen molar-refractivity contribution in [3.05, 3.63) is 0 Å². The van der Waals surface area contributed by atoms with Crippen LogP contribution in [0.4, 0.5) is 0 Å². The maximum Gasteiger partial charge on any atom is -0.0533 e. The first-order valence-electron chi connectivity index (χ1n) is 4.91. The van der Waals surface area contributed by atoms with Gasteiger partial charge in [0.05, 0.1) is 0 Å². The van der Waals surface area contributed by atoms with E-state index in [2.05, 4.69) is 13.8 Å². The molecule has 0 spiro atoms. The number of rotatable bonds is 7. The SMILES string of the molecule is CCCCCCCCCC.I. The predicted octanol–water partition coefficient (Wildman–Crippen LogP) is 4.77.